The molecule has 0 aromatic heterocycles. The number of anilines is 2. The maximum Gasteiger partial charge on any atom is 0.339 e. The minimum Gasteiger partial charge on any atom is -0.489 e. The van der Waals surface area contributed by atoms with E-state index in [9.17, 15) is 14.4 Å². The molecule has 2 aromatic rings. The normalized spacial score (nSPS) is 16.1. The van der Waals surface area contributed by atoms with E-state index < -0.39 is 18.0 Å². The van der Waals surface area contributed by atoms with Crippen LogP contribution in [0, 0.1) is 0 Å². The Labute approximate surface area is 177 Å². The summed E-state index contributed by atoms with van der Waals surface area (Å²) >= 11 is 6.22. The summed E-state index contributed by atoms with van der Waals surface area (Å²) in [5, 5.41) is 2.93. The van der Waals surface area contributed by atoms with Gasteiger partial charge in [-0.15, -0.1) is 0 Å². The standard InChI is InChI=1S/C21H19ClN2O6/c1-12(20(26)24-11-18(25)23-15-5-2-3-6-16(15)24)30-21(27)13-9-14(22)19-17(10-13)28-7-4-8-29-19/h2-3,5-6,9-10,12H,4,7-8,11H2,1H3,(H,23,25)/t12-/m1/s1. The molecule has 4 rings (SSSR count). The Morgan fingerprint density at radius 2 is 1.97 bits per heavy atom. The fourth-order valence-electron chi connectivity index (χ4n) is 3.28. The fourth-order valence-corrected chi connectivity index (χ4v) is 3.54. The number of hydrogen-bond donors (Lipinski definition) is 1. The number of nitrogens with zero attached hydrogens (tertiary/aromatic N) is 1. The fraction of sp³-hybridized carbons (Fsp3) is 0.286. The van der Waals surface area contributed by atoms with Crippen LogP contribution in [0.25, 0.3) is 0 Å². The van der Waals surface area contributed by atoms with Gasteiger partial charge < -0.3 is 19.5 Å². The second-order valence-electron chi connectivity index (χ2n) is 6.87. The van der Waals surface area contributed by atoms with Crippen LogP contribution in [0.4, 0.5) is 11.4 Å². The third-order valence-corrected chi connectivity index (χ3v) is 4.99. The van der Waals surface area contributed by atoms with Crippen LogP contribution in [-0.4, -0.2) is 43.6 Å². The first kappa shape index (κ1) is 20.0. The molecule has 0 aliphatic carbocycles. The van der Waals surface area contributed by atoms with Crippen LogP contribution >= 0.6 is 11.6 Å². The number of benzene rings is 2. The van der Waals surface area contributed by atoms with Crippen LogP contribution in [-0.2, 0) is 14.3 Å². The Morgan fingerprint density at radius 3 is 2.80 bits per heavy atom. The third kappa shape index (κ3) is 3.91. The lowest BCUT2D eigenvalue weighted by molar-refractivity contribution is -0.128. The SMILES string of the molecule is C[C@@H](OC(=O)c1cc(Cl)c2c(c1)OCCCO2)C(=O)N1CC(=O)Nc2ccccc21. The highest BCUT2D eigenvalue weighted by molar-refractivity contribution is 6.32. The molecule has 2 aliphatic rings. The predicted octanol–water partition coefficient (Wildman–Crippen LogP) is 3.03. The molecule has 2 aromatic carbocycles. The molecule has 1 atom stereocenters. The molecule has 2 aliphatic heterocycles. The minimum absolute atomic E-state index is 0.140. The number of carbonyl (C=O) groups excluding carboxylic acids is 3. The first-order chi connectivity index (χ1) is 14.4. The molecule has 1 N–H and O–H groups in total. The lowest BCUT2D eigenvalue weighted by Crippen LogP contribution is -2.47. The van der Waals surface area contributed by atoms with Crippen molar-refractivity contribution in [1.82, 2.24) is 0 Å². The summed E-state index contributed by atoms with van der Waals surface area (Å²) in [5.41, 5.74) is 1.21. The maximum absolute atomic E-state index is 12.9. The predicted molar refractivity (Wildman–Crippen MR) is 109 cm³/mol. The number of nitrogens with one attached hydrogen (secondary N) is 1. The Kier molecular flexibility index (Phi) is 5.50. The zero-order valence-electron chi connectivity index (χ0n) is 16.1. The van der Waals surface area contributed by atoms with Crippen LogP contribution < -0.4 is 19.7 Å². The van der Waals surface area contributed by atoms with E-state index in [2.05, 4.69) is 5.32 Å². The van der Waals surface area contributed by atoms with Crippen molar-refractivity contribution in [3.63, 3.8) is 0 Å². The van der Waals surface area contributed by atoms with Gasteiger partial charge >= 0.3 is 5.97 Å². The number of halogens is 1. The van der Waals surface area contributed by atoms with Crippen molar-refractivity contribution in [3.05, 3.63) is 47.0 Å². The number of ether oxygens (including phenoxy) is 3. The highest BCUT2D eigenvalue weighted by Crippen LogP contribution is 2.38. The second kappa shape index (κ2) is 8.23. The topological polar surface area (TPSA) is 94.2 Å². The van der Waals surface area contributed by atoms with Gasteiger partial charge in [0.2, 0.25) is 5.91 Å². The van der Waals surface area contributed by atoms with Crippen LogP contribution in [0.3, 0.4) is 0 Å². The number of fused-ring (bicyclic) bond motifs is 2. The Bertz CT molecular complexity index is 1020. The van der Waals surface area contributed by atoms with Gasteiger partial charge in [0.15, 0.2) is 17.6 Å². The highest BCUT2D eigenvalue weighted by atomic mass is 35.5. The lowest BCUT2D eigenvalue weighted by Gasteiger charge is -2.30. The van der Waals surface area contributed by atoms with E-state index in [0.29, 0.717) is 42.5 Å². The first-order valence-corrected chi connectivity index (χ1v) is 9.82. The Morgan fingerprint density at radius 1 is 1.20 bits per heavy atom. The van der Waals surface area contributed by atoms with Gasteiger partial charge in [-0.2, -0.15) is 0 Å². The van der Waals surface area contributed by atoms with E-state index in [1.165, 1.54) is 24.0 Å². The van der Waals surface area contributed by atoms with Gasteiger partial charge in [0.25, 0.3) is 5.91 Å². The minimum atomic E-state index is -1.12. The van der Waals surface area contributed by atoms with E-state index in [-0.39, 0.29) is 23.0 Å². The third-order valence-electron chi connectivity index (χ3n) is 4.71. The zero-order chi connectivity index (χ0) is 21.3. The van der Waals surface area contributed by atoms with Gasteiger partial charge in [-0.1, -0.05) is 23.7 Å². The number of esters is 1. The molecule has 0 spiro atoms. The number of amides is 2. The van der Waals surface area contributed by atoms with E-state index in [0.717, 1.165) is 0 Å². The molecular weight excluding hydrogens is 412 g/mol. The number of carbonyl (C=O) groups is 3. The molecule has 0 fully saturated rings. The molecule has 0 unspecified atom stereocenters. The summed E-state index contributed by atoms with van der Waals surface area (Å²) < 4.78 is 16.5. The summed E-state index contributed by atoms with van der Waals surface area (Å²) in [4.78, 5) is 38.8. The molecule has 9 heteroatoms. The molecule has 2 amide bonds. The van der Waals surface area contributed by atoms with Gasteiger partial charge in [0, 0.05) is 6.42 Å². The molecule has 0 saturated carbocycles. The molecule has 0 bridgehead atoms. The van der Waals surface area contributed by atoms with Crippen LogP contribution in [0.2, 0.25) is 5.02 Å². The van der Waals surface area contributed by atoms with Crippen molar-refractivity contribution < 1.29 is 28.6 Å². The van der Waals surface area contributed by atoms with Gasteiger partial charge in [0.1, 0.15) is 6.54 Å². The smallest absolute Gasteiger partial charge is 0.339 e. The Hall–Kier alpha value is -3.26. The van der Waals surface area contributed by atoms with Gasteiger partial charge in [-0.05, 0) is 31.2 Å². The summed E-state index contributed by atoms with van der Waals surface area (Å²) in [7, 11) is 0. The first-order valence-electron chi connectivity index (χ1n) is 9.44. The molecule has 30 heavy (non-hydrogen) atoms. The monoisotopic (exact) mass is 430 g/mol. The number of hydrogen-bond acceptors (Lipinski definition) is 6. The Balaban J connectivity index is 1.52. The molecule has 2 heterocycles. The average molecular weight is 431 g/mol. The summed E-state index contributed by atoms with van der Waals surface area (Å²) in [6, 6.07) is 9.82. The van der Waals surface area contributed by atoms with Gasteiger partial charge in [-0.25, -0.2) is 4.79 Å². The largest absolute Gasteiger partial charge is 0.489 e. The van der Waals surface area contributed by atoms with Crippen molar-refractivity contribution in [1.29, 1.82) is 0 Å². The maximum atomic E-state index is 12.9. The van der Waals surface area contributed by atoms with Crippen molar-refractivity contribution >= 4 is 40.8 Å². The van der Waals surface area contributed by atoms with Crippen molar-refractivity contribution in [2.24, 2.45) is 0 Å². The lowest BCUT2D eigenvalue weighted by atomic mass is 10.1. The van der Waals surface area contributed by atoms with Crippen molar-refractivity contribution in [2.45, 2.75) is 19.4 Å². The average Bonchev–Trinajstić information content (AvgIpc) is 2.98. The molecule has 8 nitrogen and oxygen atoms in total. The molecule has 156 valence electrons. The molecule has 0 radical (unpaired) electrons. The van der Waals surface area contributed by atoms with E-state index in [4.69, 9.17) is 25.8 Å². The second-order valence-corrected chi connectivity index (χ2v) is 7.28. The van der Waals surface area contributed by atoms with Crippen LogP contribution in [0.5, 0.6) is 11.5 Å². The van der Waals surface area contributed by atoms with Crippen LogP contribution in [0.15, 0.2) is 36.4 Å². The number of para-hydroxylation sites is 2. The van der Waals surface area contributed by atoms with Crippen molar-refractivity contribution in [2.75, 3.05) is 30.0 Å². The van der Waals surface area contributed by atoms with Crippen molar-refractivity contribution in [3.8, 4) is 11.5 Å². The van der Waals surface area contributed by atoms with Gasteiger partial charge in [0.05, 0.1) is 35.2 Å². The van der Waals surface area contributed by atoms with Crippen LogP contribution in [0.1, 0.15) is 23.7 Å². The van der Waals surface area contributed by atoms with Gasteiger partial charge in [-0.3, -0.25) is 14.5 Å². The number of rotatable bonds is 3. The summed E-state index contributed by atoms with van der Waals surface area (Å²) in [6.45, 7) is 2.20. The summed E-state index contributed by atoms with van der Waals surface area (Å²) in [6.07, 6.45) is -0.424. The highest BCUT2D eigenvalue weighted by Gasteiger charge is 2.32. The quantitative estimate of drug-likeness (QED) is 0.752. The summed E-state index contributed by atoms with van der Waals surface area (Å²) in [5.74, 6) is -0.831. The molecule has 0 saturated heterocycles. The molecular formula is C21H19ClN2O6. The van der Waals surface area contributed by atoms with E-state index >= 15 is 0 Å². The zero-order valence-corrected chi connectivity index (χ0v) is 16.9. The van der Waals surface area contributed by atoms with E-state index in [1.54, 1.807) is 24.3 Å². The van der Waals surface area contributed by atoms with E-state index in [1.807, 2.05) is 0 Å².